The van der Waals surface area contributed by atoms with Gasteiger partial charge in [-0.25, -0.2) is 0 Å². The van der Waals surface area contributed by atoms with Crippen molar-refractivity contribution in [2.75, 3.05) is 0 Å². The molecule has 0 aliphatic carbocycles. The number of benzene rings is 1. The molecule has 3 nitrogen and oxygen atoms in total. The van der Waals surface area contributed by atoms with E-state index < -0.39 is 0 Å². The second-order valence-corrected chi connectivity index (χ2v) is 6.36. The monoisotopic (exact) mass is 282 g/mol. The summed E-state index contributed by atoms with van der Waals surface area (Å²) in [5, 5.41) is 4.19. The van der Waals surface area contributed by atoms with E-state index in [4.69, 9.17) is 0 Å². The van der Waals surface area contributed by atoms with Crippen molar-refractivity contribution in [3.05, 3.63) is 58.9 Å². The summed E-state index contributed by atoms with van der Waals surface area (Å²) in [6.45, 7) is 8.44. The molecular weight excluding hydrogens is 260 g/mol. The molecule has 21 heavy (non-hydrogen) atoms. The Hall–Kier alpha value is -2.16. The zero-order valence-electron chi connectivity index (χ0n) is 13.3. The van der Waals surface area contributed by atoms with E-state index in [9.17, 15) is 4.79 Å². The number of carbonyl (C=O) groups excluding carboxylic acids is 1. The van der Waals surface area contributed by atoms with E-state index >= 15 is 0 Å². The van der Waals surface area contributed by atoms with Gasteiger partial charge in [-0.3, -0.25) is 9.48 Å². The maximum atomic E-state index is 12.1. The molecule has 1 heterocycles. The summed E-state index contributed by atoms with van der Waals surface area (Å²) in [4.78, 5) is 12.1. The number of ketones is 1. The van der Waals surface area contributed by atoms with Crippen molar-refractivity contribution >= 4 is 11.9 Å². The molecular formula is C18H22N2O. The first-order valence-electron chi connectivity index (χ1n) is 7.11. The Bertz CT molecular complexity index is 670. The summed E-state index contributed by atoms with van der Waals surface area (Å²) in [6, 6.07) is 10.1. The third kappa shape index (κ3) is 3.69. The lowest BCUT2D eigenvalue weighted by molar-refractivity contribution is 0.103. The molecule has 0 spiro atoms. The van der Waals surface area contributed by atoms with Crippen LogP contribution in [0.25, 0.3) is 6.08 Å². The maximum absolute atomic E-state index is 12.1. The van der Waals surface area contributed by atoms with Crippen LogP contribution in [0.5, 0.6) is 0 Å². The number of carbonyl (C=O) groups is 1. The molecule has 2 aromatic rings. The van der Waals surface area contributed by atoms with Crippen molar-refractivity contribution in [3.8, 4) is 0 Å². The Morgan fingerprint density at radius 2 is 1.81 bits per heavy atom. The molecule has 0 saturated carbocycles. The van der Waals surface area contributed by atoms with Gasteiger partial charge in [0.2, 0.25) is 5.78 Å². The number of nitrogens with zero attached hydrogens (tertiary/aromatic N) is 2. The first kappa shape index (κ1) is 15.2. The van der Waals surface area contributed by atoms with Gasteiger partial charge < -0.3 is 0 Å². The number of aromatic nitrogens is 2. The predicted octanol–water partition coefficient (Wildman–Crippen LogP) is 3.92. The fraction of sp³-hybridized carbons (Fsp3) is 0.333. The van der Waals surface area contributed by atoms with Crippen molar-refractivity contribution in [1.29, 1.82) is 0 Å². The molecule has 0 aliphatic heterocycles. The zero-order valence-corrected chi connectivity index (χ0v) is 13.3. The molecule has 1 aromatic heterocycles. The molecule has 0 saturated heterocycles. The highest BCUT2D eigenvalue weighted by atomic mass is 16.1. The molecule has 0 aliphatic rings. The molecule has 0 unspecified atom stereocenters. The molecule has 3 heteroatoms. The van der Waals surface area contributed by atoms with Crippen molar-refractivity contribution in [3.63, 3.8) is 0 Å². The van der Waals surface area contributed by atoms with Crippen molar-refractivity contribution in [2.24, 2.45) is 7.05 Å². The van der Waals surface area contributed by atoms with Gasteiger partial charge in [-0.05, 0) is 35.6 Å². The molecule has 0 N–H and O–H groups in total. The van der Waals surface area contributed by atoms with Gasteiger partial charge in [0.15, 0.2) is 0 Å². The number of hydrogen-bond acceptors (Lipinski definition) is 2. The Kier molecular flexibility index (Phi) is 4.12. The van der Waals surface area contributed by atoms with Crippen molar-refractivity contribution in [2.45, 2.75) is 33.1 Å². The van der Waals surface area contributed by atoms with E-state index in [2.05, 4.69) is 38.0 Å². The van der Waals surface area contributed by atoms with Gasteiger partial charge in [0.1, 0.15) is 5.69 Å². The van der Waals surface area contributed by atoms with Gasteiger partial charge in [-0.15, -0.1) is 0 Å². The number of aryl methyl sites for hydroxylation is 2. The van der Waals surface area contributed by atoms with Crippen LogP contribution in [0.2, 0.25) is 0 Å². The molecule has 0 bridgehead atoms. The van der Waals surface area contributed by atoms with Crippen LogP contribution in [0.15, 0.2) is 36.4 Å². The molecule has 0 fully saturated rings. The van der Waals surface area contributed by atoms with Gasteiger partial charge in [-0.2, -0.15) is 5.10 Å². The van der Waals surface area contributed by atoms with Gasteiger partial charge in [0.25, 0.3) is 0 Å². The minimum absolute atomic E-state index is 0.0296. The summed E-state index contributed by atoms with van der Waals surface area (Å²) >= 11 is 0. The predicted molar refractivity (Wildman–Crippen MR) is 86.5 cm³/mol. The van der Waals surface area contributed by atoms with E-state index in [-0.39, 0.29) is 11.2 Å². The highest BCUT2D eigenvalue weighted by Gasteiger charge is 2.12. The van der Waals surface area contributed by atoms with Gasteiger partial charge in [0, 0.05) is 7.05 Å². The SMILES string of the molecule is Cc1cc(C(=O)/C=C/c2ccc(C(C)(C)C)cc2)n(C)n1. The van der Waals surface area contributed by atoms with Crippen LogP contribution in [-0.2, 0) is 12.5 Å². The average Bonchev–Trinajstić information content (AvgIpc) is 2.74. The van der Waals surface area contributed by atoms with Crippen molar-refractivity contribution in [1.82, 2.24) is 9.78 Å². The Balaban J connectivity index is 2.14. The van der Waals surface area contributed by atoms with E-state index in [1.807, 2.05) is 25.1 Å². The maximum Gasteiger partial charge on any atom is 0.203 e. The minimum Gasteiger partial charge on any atom is -0.288 e. The van der Waals surface area contributed by atoms with Crippen molar-refractivity contribution < 1.29 is 4.79 Å². The summed E-state index contributed by atoms with van der Waals surface area (Å²) < 4.78 is 1.62. The van der Waals surface area contributed by atoms with Crippen LogP contribution in [-0.4, -0.2) is 15.6 Å². The molecule has 0 radical (unpaired) electrons. The third-order valence-electron chi connectivity index (χ3n) is 3.46. The smallest absolute Gasteiger partial charge is 0.203 e. The fourth-order valence-corrected chi connectivity index (χ4v) is 2.19. The first-order chi connectivity index (χ1) is 9.77. The fourth-order valence-electron chi connectivity index (χ4n) is 2.19. The summed E-state index contributed by atoms with van der Waals surface area (Å²) in [5.41, 5.74) is 3.91. The highest BCUT2D eigenvalue weighted by molar-refractivity contribution is 6.05. The van der Waals surface area contributed by atoms with Crippen LogP contribution >= 0.6 is 0 Å². The lowest BCUT2D eigenvalue weighted by Gasteiger charge is -2.18. The molecule has 110 valence electrons. The average molecular weight is 282 g/mol. The normalized spacial score (nSPS) is 12.0. The molecule has 0 atom stereocenters. The summed E-state index contributed by atoms with van der Waals surface area (Å²) in [5.74, 6) is -0.0296. The van der Waals surface area contributed by atoms with E-state index in [0.717, 1.165) is 11.3 Å². The van der Waals surface area contributed by atoms with Gasteiger partial charge in [0.05, 0.1) is 5.69 Å². The summed E-state index contributed by atoms with van der Waals surface area (Å²) in [6.07, 6.45) is 3.44. The topological polar surface area (TPSA) is 34.9 Å². The second-order valence-electron chi connectivity index (χ2n) is 6.36. The lowest BCUT2D eigenvalue weighted by Crippen LogP contribution is -2.10. The van der Waals surface area contributed by atoms with Crippen LogP contribution in [0.4, 0.5) is 0 Å². The molecule has 0 amide bonds. The highest BCUT2D eigenvalue weighted by Crippen LogP contribution is 2.22. The van der Waals surface area contributed by atoms with E-state index in [1.54, 1.807) is 23.9 Å². The molecule has 2 rings (SSSR count). The number of allylic oxidation sites excluding steroid dienone is 1. The van der Waals surface area contributed by atoms with Crippen LogP contribution in [0.1, 0.15) is 48.1 Å². The third-order valence-corrected chi connectivity index (χ3v) is 3.46. The van der Waals surface area contributed by atoms with Crippen LogP contribution in [0, 0.1) is 6.92 Å². The standard InChI is InChI=1S/C18H22N2O/c1-13-12-16(20(5)19-13)17(21)11-8-14-6-9-15(10-7-14)18(2,3)4/h6-12H,1-5H3/b11-8+. The largest absolute Gasteiger partial charge is 0.288 e. The second kappa shape index (κ2) is 5.68. The Labute approximate surface area is 126 Å². The van der Waals surface area contributed by atoms with Crippen LogP contribution in [0.3, 0.4) is 0 Å². The zero-order chi connectivity index (χ0) is 15.6. The van der Waals surface area contributed by atoms with Gasteiger partial charge >= 0.3 is 0 Å². The van der Waals surface area contributed by atoms with E-state index in [1.165, 1.54) is 5.56 Å². The summed E-state index contributed by atoms with van der Waals surface area (Å²) in [7, 11) is 1.78. The van der Waals surface area contributed by atoms with E-state index in [0.29, 0.717) is 5.69 Å². The number of hydrogen-bond donors (Lipinski definition) is 0. The Morgan fingerprint density at radius 3 is 2.29 bits per heavy atom. The molecule has 1 aromatic carbocycles. The lowest BCUT2D eigenvalue weighted by atomic mass is 9.87. The number of rotatable bonds is 3. The Morgan fingerprint density at radius 1 is 1.19 bits per heavy atom. The minimum atomic E-state index is -0.0296. The quantitative estimate of drug-likeness (QED) is 0.631. The van der Waals surface area contributed by atoms with Crippen LogP contribution < -0.4 is 0 Å². The first-order valence-corrected chi connectivity index (χ1v) is 7.11. The van der Waals surface area contributed by atoms with Gasteiger partial charge in [-0.1, -0.05) is 51.1 Å².